The second-order valence-electron chi connectivity index (χ2n) is 10.0. The number of aliphatic hydroxyl groups excluding tert-OH is 1. The highest BCUT2D eigenvalue weighted by molar-refractivity contribution is 5.78. The van der Waals surface area contributed by atoms with Crippen molar-refractivity contribution in [2.75, 3.05) is 0 Å². The summed E-state index contributed by atoms with van der Waals surface area (Å²) in [6.07, 6.45) is 10.9. The third-order valence-corrected chi connectivity index (χ3v) is 8.98. The molecule has 4 fully saturated rings. The van der Waals surface area contributed by atoms with Gasteiger partial charge in [0.05, 0.1) is 6.10 Å². The molecule has 1 N–H and O–H groups in total. The van der Waals surface area contributed by atoms with Gasteiger partial charge in [0.1, 0.15) is 5.78 Å². The quantitative estimate of drug-likeness (QED) is 0.767. The largest absolute Gasteiger partial charge is 0.393 e. The van der Waals surface area contributed by atoms with E-state index in [1.807, 2.05) is 6.92 Å². The Kier molecular flexibility index (Phi) is 3.72. The monoisotopic (exact) mass is 318 g/mol. The lowest BCUT2D eigenvalue weighted by Gasteiger charge is -2.60. The smallest absolute Gasteiger partial charge is 0.132 e. The first-order valence-corrected chi connectivity index (χ1v) is 10.0. The second-order valence-corrected chi connectivity index (χ2v) is 10.0. The van der Waals surface area contributed by atoms with Gasteiger partial charge in [-0.05, 0) is 99.2 Å². The van der Waals surface area contributed by atoms with E-state index < -0.39 is 0 Å². The Balaban J connectivity index is 1.60. The summed E-state index contributed by atoms with van der Waals surface area (Å²) in [5.74, 6) is 3.97. The molecule has 0 aromatic carbocycles. The lowest BCUT2D eigenvalue weighted by Crippen LogP contribution is -2.53. The SMILES string of the molecule is CC(=O)[C@@H]1CC2[C@H]3CCC4CC(O)CC[C@@]4(C)C3CC[C@@]2(C)C1. The summed E-state index contributed by atoms with van der Waals surface area (Å²) in [4.78, 5) is 12.0. The van der Waals surface area contributed by atoms with Gasteiger partial charge in [0.25, 0.3) is 0 Å². The molecule has 0 aliphatic heterocycles. The predicted molar refractivity (Wildman–Crippen MR) is 91.9 cm³/mol. The molecular weight excluding hydrogens is 284 g/mol. The number of hydrogen-bond donors (Lipinski definition) is 1. The molecule has 8 atom stereocenters. The Morgan fingerprint density at radius 2 is 1.78 bits per heavy atom. The molecule has 0 spiro atoms. The van der Waals surface area contributed by atoms with Crippen LogP contribution >= 0.6 is 0 Å². The van der Waals surface area contributed by atoms with E-state index in [9.17, 15) is 9.90 Å². The maximum atomic E-state index is 12.0. The van der Waals surface area contributed by atoms with Crippen molar-refractivity contribution >= 4 is 5.78 Å². The minimum atomic E-state index is -0.0490. The molecule has 0 amide bonds. The molecule has 23 heavy (non-hydrogen) atoms. The van der Waals surface area contributed by atoms with Crippen LogP contribution in [0, 0.1) is 40.4 Å². The summed E-state index contributed by atoms with van der Waals surface area (Å²) in [5, 5.41) is 10.1. The van der Waals surface area contributed by atoms with Gasteiger partial charge in [0, 0.05) is 5.92 Å². The summed E-state index contributed by atoms with van der Waals surface area (Å²) in [6, 6.07) is 0. The molecule has 0 radical (unpaired) electrons. The van der Waals surface area contributed by atoms with E-state index in [4.69, 9.17) is 0 Å². The highest BCUT2D eigenvalue weighted by Gasteiger charge is 2.59. The molecule has 0 aromatic rings. The number of Topliss-reactive ketones (excluding diaryl/α,β-unsaturated/α-hetero) is 1. The Hall–Kier alpha value is -0.370. The number of aliphatic hydroxyl groups is 1. The van der Waals surface area contributed by atoms with Crippen molar-refractivity contribution < 1.29 is 9.90 Å². The number of hydrogen-bond acceptors (Lipinski definition) is 2. The van der Waals surface area contributed by atoms with E-state index in [0.717, 1.165) is 49.4 Å². The van der Waals surface area contributed by atoms with Crippen molar-refractivity contribution in [2.24, 2.45) is 40.4 Å². The molecule has 0 bridgehead atoms. The number of rotatable bonds is 1. The van der Waals surface area contributed by atoms with Gasteiger partial charge in [-0.2, -0.15) is 0 Å². The van der Waals surface area contributed by atoms with Crippen LogP contribution in [0.1, 0.15) is 78.6 Å². The van der Waals surface area contributed by atoms with Crippen LogP contribution in [0.15, 0.2) is 0 Å². The fourth-order valence-corrected chi connectivity index (χ4v) is 7.60. The molecule has 4 rings (SSSR count). The van der Waals surface area contributed by atoms with E-state index in [1.165, 1.54) is 32.1 Å². The van der Waals surface area contributed by atoms with Crippen LogP contribution in [-0.4, -0.2) is 17.0 Å². The summed E-state index contributed by atoms with van der Waals surface area (Å²) in [7, 11) is 0. The van der Waals surface area contributed by atoms with Crippen molar-refractivity contribution in [1.29, 1.82) is 0 Å². The first-order valence-electron chi connectivity index (χ1n) is 10.0. The minimum absolute atomic E-state index is 0.0490. The van der Waals surface area contributed by atoms with Gasteiger partial charge < -0.3 is 5.11 Å². The Bertz CT molecular complexity index is 500. The van der Waals surface area contributed by atoms with E-state index >= 15 is 0 Å². The third kappa shape index (κ3) is 2.34. The summed E-state index contributed by atoms with van der Waals surface area (Å²) < 4.78 is 0. The van der Waals surface area contributed by atoms with Crippen LogP contribution in [0.5, 0.6) is 0 Å². The van der Waals surface area contributed by atoms with Crippen molar-refractivity contribution in [2.45, 2.75) is 84.7 Å². The Labute approximate surface area is 141 Å². The zero-order valence-corrected chi connectivity index (χ0v) is 15.2. The molecule has 130 valence electrons. The predicted octanol–water partition coefficient (Wildman–Crippen LogP) is 4.60. The Morgan fingerprint density at radius 1 is 1.00 bits per heavy atom. The molecule has 0 saturated heterocycles. The van der Waals surface area contributed by atoms with Gasteiger partial charge in [-0.15, -0.1) is 0 Å². The topological polar surface area (TPSA) is 37.3 Å². The first-order chi connectivity index (χ1) is 10.8. The summed E-state index contributed by atoms with van der Waals surface area (Å²) >= 11 is 0. The second kappa shape index (κ2) is 5.31. The average Bonchev–Trinajstić information content (AvgIpc) is 2.86. The fraction of sp³-hybridized carbons (Fsp3) is 0.952. The maximum absolute atomic E-state index is 12.0. The molecular formula is C21H34O2. The van der Waals surface area contributed by atoms with Crippen molar-refractivity contribution in [3.05, 3.63) is 0 Å². The number of fused-ring (bicyclic) bond motifs is 5. The zero-order valence-electron chi connectivity index (χ0n) is 15.2. The van der Waals surface area contributed by atoms with Crippen molar-refractivity contribution in [1.82, 2.24) is 0 Å². The van der Waals surface area contributed by atoms with Crippen LogP contribution in [0.3, 0.4) is 0 Å². The van der Waals surface area contributed by atoms with Gasteiger partial charge in [-0.3, -0.25) is 4.79 Å². The molecule has 0 aromatic heterocycles. The van der Waals surface area contributed by atoms with Gasteiger partial charge >= 0.3 is 0 Å². The van der Waals surface area contributed by atoms with E-state index in [1.54, 1.807) is 0 Å². The molecule has 4 unspecified atom stereocenters. The third-order valence-electron chi connectivity index (χ3n) is 8.98. The Morgan fingerprint density at radius 3 is 2.52 bits per heavy atom. The molecule has 4 aliphatic carbocycles. The zero-order chi connectivity index (χ0) is 16.4. The standard InChI is InChI=1S/C21H34O2/c1-13(22)14-10-19-17-5-4-15-11-16(23)6-9-21(15,3)18(17)7-8-20(19,2)12-14/h14-19,23H,4-12H2,1-3H3/t14-,15?,16?,17+,18?,19?,20+,21-/m1/s1. The van der Waals surface area contributed by atoms with Gasteiger partial charge in [0.15, 0.2) is 0 Å². The van der Waals surface area contributed by atoms with Crippen molar-refractivity contribution in [3.63, 3.8) is 0 Å². The maximum Gasteiger partial charge on any atom is 0.132 e. The van der Waals surface area contributed by atoms with E-state index in [0.29, 0.717) is 22.5 Å². The molecule has 4 saturated carbocycles. The number of carbonyl (C=O) groups excluding carboxylic acids is 1. The summed E-state index contributed by atoms with van der Waals surface area (Å²) in [5.41, 5.74) is 0.882. The lowest BCUT2D eigenvalue weighted by atomic mass is 9.45. The average molecular weight is 319 g/mol. The highest BCUT2D eigenvalue weighted by atomic mass is 16.3. The van der Waals surface area contributed by atoms with Gasteiger partial charge in [-0.25, -0.2) is 0 Å². The van der Waals surface area contributed by atoms with Crippen molar-refractivity contribution in [3.8, 4) is 0 Å². The highest BCUT2D eigenvalue weighted by Crippen LogP contribution is 2.66. The van der Waals surface area contributed by atoms with E-state index in [-0.39, 0.29) is 6.10 Å². The number of carbonyl (C=O) groups is 1. The number of ketones is 1. The molecule has 2 nitrogen and oxygen atoms in total. The van der Waals surface area contributed by atoms with Crippen LogP contribution in [0.2, 0.25) is 0 Å². The van der Waals surface area contributed by atoms with Crippen LogP contribution in [0.25, 0.3) is 0 Å². The van der Waals surface area contributed by atoms with E-state index in [2.05, 4.69) is 13.8 Å². The first kappa shape index (κ1) is 16.1. The molecule has 2 heteroatoms. The molecule has 0 heterocycles. The van der Waals surface area contributed by atoms with Crippen LogP contribution in [0.4, 0.5) is 0 Å². The van der Waals surface area contributed by atoms with Crippen LogP contribution in [-0.2, 0) is 4.79 Å². The van der Waals surface area contributed by atoms with Crippen LogP contribution < -0.4 is 0 Å². The molecule has 4 aliphatic rings. The minimum Gasteiger partial charge on any atom is -0.393 e. The van der Waals surface area contributed by atoms with Gasteiger partial charge in [-0.1, -0.05) is 13.8 Å². The van der Waals surface area contributed by atoms with Gasteiger partial charge in [0.2, 0.25) is 0 Å². The lowest BCUT2D eigenvalue weighted by molar-refractivity contribution is -0.121. The summed E-state index contributed by atoms with van der Waals surface area (Å²) in [6.45, 7) is 6.83. The normalized spacial score (nSPS) is 55.7. The fourth-order valence-electron chi connectivity index (χ4n) is 7.60.